The van der Waals surface area contributed by atoms with Crippen LogP contribution in [0, 0.1) is 17.7 Å². The van der Waals surface area contributed by atoms with Crippen LogP contribution in [-0.2, 0) is 21.9 Å². The molecule has 1 N–H and O–H groups in total. The predicted octanol–water partition coefficient (Wildman–Crippen LogP) is 2.62. The van der Waals surface area contributed by atoms with Crippen LogP contribution in [0.2, 0.25) is 0 Å². The molecule has 1 aromatic heterocycles. The van der Waals surface area contributed by atoms with Crippen molar-refractivity contribution >= 4 is 15.9 Å². The molecule has 9 heteroatoms. The Morgan fingerprint density at radius 1 is 1.27 bits per heavy atom. The van der Waals surface area contributed by atoms with Gasteiger partial charge in [0.25, 0.3) is 0 Å². The summed E-state index contributed by atoms with van der Waals surface area (Å²) in [5.41, 5.74) is 0. The number of aromatic nitrogens is 2. The maximum atomic E-state index is 13.4. The van der Waals surface area contributed by atoms with E-state index >= 15 is 0 Å². The van der Waals surface area contributed by atoms with Gasteiger partial charge in [0, 0.05) is 39.0 Å². The van der Waals surface area contributed by atoms with Crippen molar-refractivity contribution in [2.45, 2.75) is 43.0 Å². The molecule has 1 aliphatic heterocycles. The minimum Gasteiger partial charge on any atom is -0.346 e. The Kier molecular flexibility index (Phi) is 5.92. The lowest BCUT2D eigenvalue weighted by atomic mass is 9.94. The van der Waals surface area contributed by atoms with E-state index in [1.165, 1.54) is 22.5 Å². The van der Waals surface area contributed by atoms with Crippen LogP contribution in [-0.4, -0.2) is 41.3 Å². The number of aryl methyl sites for hydroxylation is 1. The summed E-state index contributed by atoms with van der Waals surface area (Å²) in [7, 11) is -1.78. The number of hydrogen-bond donors (Lipinski definition) is 1. The van der Waals surface area contributed by atoms with Gasteiger partial charge in [0.05, 0.1) is 10.9 Å². The molecule has 0 spiro atoms. The summed E-state index contributed by atoms with van der Waals surface area (Å²) in [5.74, 6) is 0.863. The van der Waals surface area contributed by atoms with Crippen LogP contribution in [0.1, 0.15) is 44.0 Å². The van der Waals surface area contributed by atoms with Crippen molar-refractivity contribution in [2.75, 3.05) is 13.1 Å². The summed E-state index contributed by atoms with van der Waals surface area (Å²) < 4.78 is 42.2. The van der Waals surface area contributed by atoms with Crippen LogP contribution in [0.4, 0.5) is 4.39 Å². The van der Waals surface area contributed by atoms with Crippen LogP contribution in [0.5, 0.6) is 0 Å². The molecule has 162 valence electrons. The highest BCUT2D eigenvalue weighted by Gasteiger charge is 2.36. The molecule has 30 heavy (non-hydrogen) atoms. The molecule has 0 radical (unpaired) electrons. The van der Waals surface area contributed by atoms with Crippen molar-refractivity contribution in [3.05, 3.63) is 48.3 Å². The monoisotopic (exact) mass is 434 g/mol. The minimum atomic E-state index is -3.71. The molecule has 7 nitrogen and oxygen atoms in total. The number of rotatable bonds is 7. The Labute approximate surface area is 176 Å². The van der Waals surface area contributed by atoms with Crippen LogP contribution in [0.25, 0.3) is 0 Å². The standard InChI is InChI=1S/C21H27FN4O3S/c1-25-12-9-23-21(25)20(16-5-6-16)24-19(27)13-15-7-10-26(11-8-15)30(28,29)18-4-2-3-17(22)14-18/h2-4,9,12,14-16,20H,5-8,10-11,13H2,1H3,(H,24,27)/t20-/m0/s1. The van der Waals surface area contributed by atoms with Gasteiger partial charge < -0.3 is 9.88 Å². The van der Waals surface area contributed by atoms with Crippen LogP contribution in [0.15, 0.2) is 41.6 Å². The summed E-state index contributed by atoms with van der Waals surface area (Å²) in [4.78, 5) is 17.0. The number of hydrogen-bond acceptors (Lipinski definition) is 4. The fraction of sp³-hybridized carbons (Fsp3) is 0.524. The van der Waals surface area contributed by atoms with Gasteiger partial charge in [-0.1, -0.05) is 6.07 Å². The molecule has 4 rings (SSSR count). The second-order valence-corrected chi connectivity index (χ2v) is 10.2. The molecule has 2 aliphatic rings. The van der Waals surface area contributed by atoms with Crippen molar-refractivity contribution in [3.63, 3.8) is 0 Å². The number of imidazole rings is 1. The van der Waals surface area contributed by atoms with E-state index in [0.717, 1.165) is 24.7 Å². The molecule has 1 aromatic carbocycles. The zero-order chi connectivity index (χ0) is 21.3. The first-order valence-corrected chi connectivity index (χ1v) is 11.8. The molecule has 2 aromatic rings. The third-order valence-corrected chi connectivity index (χ3v) is 7.92. The van der Waals surface area contributed by atoms with Crippen LogP contribution in [0.3, 0.4) is 0 Å². The Morgan fingerprint density at radius 2 is 2.00 bits per heavy atom. The number of nitrogens with one attached hydrogen (secondary N) is 1. The Morgan fingerprint density at radius 3 is 2.60 bits per heavy atom. The third kappa shape index (κ3) is 4.57. The molecule has 1 aliphatic carbocycles. The SMILES string of the molecule is Cn1ccnc1[C@@H](NC(=O)CC1CCN(S(=O)(=O)c2cccc(F)c2)CC1)C1CC1. The van der Waals surface area contributed by atoms with Crippen LogP contribution >= 0.6 is 0 Å². The molecule has 2 fully saturated rings. The number of amides is 1. The normalized spacial score (nSPS) is 19.5. The van der Waals surface area contributed by atoms with Gasteiger partial charge >= 0.3 is 0 Å². The highest BCUT2D eigenvalue weighted by atomic mass is 32.2. The lowest BCUT2D eigenvalue weighted by molar-refractivity contribution is -0.123. The first-order chi connectivity index (χ1) is 14.3. The quantitative estimate of drug-likeness (QED) is 0.726. The van der Waals surface area contributed by atoms with E-state index in [0.29, 0.717) is 38.3 Å². The van der Waals surface area contributed by atoms with E-state index in [4.69, 9.17) is 0 Å². The number of nitrogens with zero attached hydrogens (tertiary/aromatic N) is 3. The van der Waals surface area contributed by atoms with Crippen molar-refractivity contribution < 1.29 is 17.6 Å². The zero-order valence-corrected chi connectivity index (χ0v) is 17.8. The predicted molar refractivity (Wildman–Crippen MR) is 109 cm³/mol. The van der Waals surface area contributed by atoms with E-state index in [9.17, 15) is 17.6 Å². The van der Waals surface area contributed by atoms with Gasteiger partial charge in [-0.3, -0.25) is 4.79 Å². The third-order valence-electron chi connectivity index (χ3n) is 6.03. The summed E-state index contributed by atoms with van der Waals surface area (Å²) >= 11 is 0. The van der Waals surface area contributed by atoms with Crippen molar-refractivity contribution in [1.82, 2.24) is 19.2 Å². The van der Waals surface area contributed by atoms with Crippen LogP contribution < -0.4 is 5.32 Å². The van der Waals surface area contributed by atoms with Gasteiger partial charge in [-0.15, -0.1) is 0 Å². The number of carbonyl (C=O) groups is 1. The molecule has 1 atom stereocenters. The first-order valence-electron chi connectivity index (χ1n) is 10.4. The van der Waals surface area contributed by atoms with Gasteiger partial charge in [0.15, 0.2) is 0 Å². The fourth-order valence-electron chi connectivity index (χ4n) is 4.12. The molecule has 1 saturated heterocycles. The van der Waals surface area contributed by atoms with E-state index in [1.54, 1.807) is 6.20 Å². The molecule has 1 saturated carbocycles. The van der Waals surface area contributed by atoms with E-state index in [1.807, 2.05) is 17.8 Å². The average molecular weight is 435 g/mol. The Balaban J connectivity index is 1.32. The zero-order valence-electron chi connectivity index (χ0n) is 17.0. The largest absolute Gasteiger partial charge is 0.346 e. The summed E-state index contributed by atoms with van der Waals surface area (Å²) in [6.07, 6.45) is 7.40. The summed E-state index contributed by atoms with van der Waals surface area (Å²) in [6.45, 7) is 0.671. The summed E-state index contributed by atoms with van der Waals surface area (Å²) in [5, 5.41) is 3.15. The van der Waals surface area contributed by atoms with Gasteiger partial charge in [0.1, 0.15) is 11.6 Å². The highest BCUT2D eigenvalue weighted by molar-refractivity contribution is 7.89. The van der Waals surface area contributed by atoms with Gasteiger partial charge in [0.2, 0.25) is 15.9 Å². The molecule has 0 unspecified atom stereocenters. The van der Waals surface area contributed by atoms with Crippen molar-refractivity contribution in [3.8, 4) is 0 Å². The Hall–Kier alpha value is -2.26. The molecule has 1 amide bonds. The van der Waals surface area contributed by atoms with Gasteiger partial charge in [-0.25, -0.2) is 17.8 Å². The van der Waals surface area contributed by atoms with Gasteiger partial charge in [-0.2, -0.15) is 4.31 Å². The number of benzene rings is 1. The fourth-order valence-corrected chi connectivity index (χ4v) is 5.63. The second-order valence-electron chi connectivity index (χ2n) is 8.29. The number of halogens is 1. The smallest absolute Gasteiger partial charge is 0.243 e. The minimum absolute atomic E-state index is 0.0127. The maximum absolute atomic E-state index is 13.4. The molecular weight excluding hydrogens is 407 g/mol. The lowest BCUT2D eigenvalue weighted by Gasteiger charge is -2.31. The molecule has 0 bridgehead atoms. The summed E-state index contributed by atoms with van der Waals surface area (Å²) in [6, 6.07) is 5.02. The van der Waals surface area contributed by atoms with E-state index < -0.39 is 15.8 Å². The number of sulfonamides is 1. The van der Waals surface area contributed by atoms with E-state index in [2.05, 4.69) is 10.3 Å². The second kappa shape index (κ2) is 8.47. The first kappa shape index (κ1) is 21.0. The van der Waals surface area contributed by atoms with Crippen molar-refractivity contribution in [1.29, 1.82) is 0 Å². The van der Waals surface area contributed by atoms with Gasteiger partial charge in [-0.05, 0) is 55.7 Å². The molecule has 2 heterocycles. The number of carbonyl (C=O) groups excluding carboxylic acids is 1. The maximum Gasteiger partial charge on any atom is 0.243 e. The molecular formula is C21H27FN4O3S. The lowest BCUT2D eigenvalue weighted by Crippen LogP contribution is -2.40. The van der Waals surface area contributed by atoms with E-state index in [-0.39, 0.29) is 22.8 Å². The average Bonchev–Trinajstić information content (AvgIpc) is 3.47. The Bertz CT molecular complexity index is 1010. The topological polar surface area (TPSA) is 84.3 Å². The van der Waals surface area contributed by atoms with Crippen molar-refractivity contribution in [2.24, 2.45) is 18.9 Å². The highest BCUT2D eigenvalue weighted by Crippen LogP contribution is 2.40. The number of piperidine rings is 1.